The summed E-state index contributed by atoms with van der Waals surface area (Å²) in [6.07, 6.45) is 4.63. The molecule has 3 heterocycles. The summed E-state index contributed by atoms with van der Waals surface area (Å²) in [5, 5.41) is 9.12. The van der Waals surface area contributed by atoms with Gasteiger partial charge in [0.05, 0.1) is 52.3 Å². The maximum atomic E-state index is 15.0. The average molecular weight is 520 g/mol. The number of pyridine rings is 2. The highest BCUT2D eigenvalue weighted by Crippen LogP contribution is 2.36. The molecule has 14 heteroatoms. The lowest BCUT2D eigenvalue weighted by molar-refractivity contribution is -0.137. The van der Waals surface area contributed by atoms with Crippen molar-refractivity contribution in [1.82, 2.24) is 25.0 Å². The number of amides is 1. The van der Waals surface area contributed by atoms with Crippen molar-refractivity contribution >= 4 is 28.9 Å². The first kappa shape index (κ1) is 24.6. The lowest BCUT2D eigenvalue weighted by Gasteiger charge is -2.15. The number of alkyl halides is 3. The molecule has 0 spiro atoms. The van der Waals surface area contributed by atoms with Crippen LogP contribution in [0.15, 0.2) is 43.0 Å². The molecule has 4 aromatic rings. The zero-order valence-corrected chi connectivity index (χ0v) is 18.4. The van der Waals surface area contributed by atoms with E-state index in [1.54, 1.807) is 0 Å². The lowest BCUT2D eigenvalue weighted by Crippen LogP contribution is -2.17. The van der Waals surface area contributed by atoms with Crippen molar-refractivity contribution in [2.45, 2.75) is 6.18 Å². The summed E-state index contributed by atoms with van der Waals surface area (Å²) in [5.74, 6) is -1.75. The highest BCUT2D eigenvalue weighted by Gasteiger charge is 2.36. The van der Waals surface area contributed by atoms with Crippen LogP contribution in [0.4, 0.5) is 33.3 Å². The van der Waals surface area contributed by atoms with Gasteiger partial charge in [-0.25, -0.2) is 14.4 Å². The fraction of sp³-hybridized carbons (Fsp3) is 0.0455. The number of rotatable bonds is 4. The number of hydrogen-bond donors (Lipinski definition) is 2. The largest absolute Gasteiger partial charge is 0.420 e. The molecule has 0 saturated carbocycles. The number of nitrogens with zero attached hydrogens (tertiary/aromatic N) is 5. The number of halogens is 6. The molecule has 0 radical (unpaired) electrons. The molecule has 0 bridgehead atoms. The monoisotopic (exact) mass is 519 g/mol. The maximum Gasteiger partial charge on any atom is 0.420 e. The molecule has 0 aliphatic heterocycles. The predicted octanol–water partition coefficient (Wildman–Crippen LogP) is 4.49. The van der Waals surface area contributed by atoms with Crippen molar-refractivity contribution in [1.29, 1.82) is 0 Å². The Morgan fingerprint density at radius 1 is 1.11 bits per heavy atom. The summed E-state index contributed by atoms with van der Waals surface area (Å²) in [4.78, 5) is 20.5. The summed E-state index contributed by atoms with van der Waals surface area (Å²) in [5.41, 5.74) is 2.70. The van der Waals surface area contributed by atoms with E-state index in [0.717, 1.165) is 30.9 Å². The van der Waals surface area contributed by atoms with E-state index in [-0.39, 0.29) is 27.5 Å². The van der Waals surface area contributed by atoms with Crippen molar-refractivity contribution in [2.24, 2.45) is 0 Å². The van der Waals surface area contributed by atoms with Crippen molar-refractivity contribution in [3.05, 3.63) is 76.5 Å². The number of anilines is 2. The molecular weight excluding hydrogens is 509 g/mol. The number of benzene rings is 1. The van der Waals surface area contributed by atoms with Gasteiger partial charge < -0.3 is 11.1 Å². The smallest absolute Gasteiger partial charge is 0.397 e. The van der Waals surface area contributed by atoms with Crippen LogP contribution in [0.5, 0.6) is 0 Å². The van der Waals surface area contributed by atoms with Crippen LogP contribution >= 0.6 is 11.6 Å². The third-order valence-electron chi connectivity index (χ3n) is 4.82. The number of aromatic nitrogens is 5. The topological polar surface area (TPSA) is 112 Å². The van der Waals surface area contributed by atoms with E-state index in [9.17, 15) is 26.7 Å². The number of nitrogen functional groups attached to an aromatic ring is 1. The Morgan fingerprint density at radius 2 is 1.81 bits per heavy atom. The minimum atomic E-state index is -4.86. The van der Waals surface area contributed by atoms with Crippen LogP contribution in [0, 0.1) is 24.1 Å². The highest BCUT2D eigenvalue weighted by atomic mass is 35.5. The minimum absolute atomic E-state index is 0.144. The van der Waals surface area contributed by atoms with Crippen molar-refractivity contribution in [2.75, 3.05) is 11.1 Å². The zero-order chi connectivity index (χ0) is 26.2. The van der Waals surface area contributed by atoms with E-state index < -0.39 is 46.4 Å². The number of carbonyl (C=O) groups excluding carboxylic acids is 1. The molecule has 0 atom stereocenters. The molecular formula is C22H11ClF5N7O. The second kappa shape index (κ2) is 9.23. The number of nitrogens with two attached hydrogens (primary N) is 1. The van der Waals surface area contributed by atoms with Crippen LogP contribution in [-0.4, -0.2) is 30.9 Å². The van der Waals surface area contributed by atoms with E-state index in [4.69, 9.17) is 23.8 Å². The van der Waals surface area contributed by atoms with E-state index in [1.807, 2.05) is 5.92 Å². The van der Waals surface area contributed by atoms with Crippen LogP contribution in [-0.2, 0) is 6.18 Å². The Hall–Kier alpha value is -4.57. The summed E-state index contributed by atoms with van der Waals surface area (Å²) < 4.78 is 69.7. The minimum Gasteiger partial charge on any atom is -0.397 e. The standard InChI is InChI=1S/C22H11ClF5N7O/c1-2-11-18(17(29)9-30-19(11)25)13-6-15(23)12(7-16(13)24)21(36)34-10-5-14(22(26,27)28)20(31-8-10)35-32-3-4-33-35/h1,3-9H,29H2,(H,34,36). The van der Waals surface area contributed by atoms with Crippen molar-refractivity contribution < 1.29 is 26.7 Å². The molecule has 0 fully saturated rings. The molecule has 8 nitrogen and oxygen atoms in total. The third kappa shape index (κ3) is 4.53. The van der Waals surface area contributed by atoms with Gasteiger partial charge in [-0.15, -0.1) is 11.2 Å². The Balaban J connectivity index is 1.70. The van der Waals surface area contributed by atoms with Gasteiger partial charge in [-0.05, 0) is 18.2 Å². The molecule has 4 rings (SSSR count). The summed E-state index contributed by atoms with van der Waals surface area (Å²) >= 11 is 6.15. The second-order valence-electron chi connectivity index (χ2n) is 7.08. The van der Waals surface area contributed by atoms with Gasteiger partial charge in [-0.3, -0.25) is 4.79 Å². The number of hydrogen-bond acceptors (Lipinski definition) is 6. The molecule has 182 valence electrons. The number of carbonyl (C=O) groups is 1. The summed E-state index contributed by atoms with van der Waals surface area (Å²) in [6.45, 7) is 0. The van der Waals surface area contributed by atoms with Gasteiger partial charge in [-0.2, -0.15) is 27.8 Å². The Morgan fingerprint density at radius 3 is 2.44 bits per heavy atom. The van der Waals surface area contributed by atoms with E-state index in [0.29, 0.717) is 16.9 Å². The first-order chi connectivity index (χ1) is 17.0. The summed E-state index contributed by atoms with van der Waals surface area (Å²) in [6, 6.07) is 2.32. The van der Waals surface area contributed by atoms with Crippen LogP contribution in [0.3, 0.4) is 0 Å². The van der Waals surface area contributed by atoms with Gasteiger partial charge in [0, 0.05) is 11.1 Å². The lowest BCUT2D eigenvalue weighted by atomic mass is 9.98. The molecule has 1 amide bonds. The normalized spacial score (nSPS) is 11.2. The maximum absolute atomic E-state index is 15.0. The van der Waals surface area contributed by atoms with Crippen molar-refractivity contribution in [3.63, 3.8) is 0 Å². The fourth-order valence-corrected chi connectivity index (χ4v) is 3.50. The fourth-order valence-electron chi connectivity index (χ4n) is 3.25. The Kier molecular flexibility index (Phi) is 6.30. The molecule has 0 saturated heterocycles. The van der Waals surface area contributed by atoms with Gasteiger partial charge in [0.2, 0.25) is 5.95 Å². The van der Waals surface area contributed by atoms with Crippen LogP contribution in [0.2, 0.25) is 5.02 Å². The zero-order valence-electron chi connectivity index (χ0n) is 17.6. The highest BCUT2D eigenvalue weighted by molar-refractivity contribution is 6.34. The first-order valence-corrected chi connectivity index (χ1v) is 10.0. The second-order valence-corrected chi connectivity index (χ2v) is 7.48. The van der Waals surface area contributed by atoms with Crippen LogP contribution in [0.1, 0.15) is 21.5 Å². The molecule has 3 aromatic heterocycles. The van der Waals surface area contributed by atoms with Gasteiger partial charge in [-0.1, -0.05) is 17.5 Å². The SMILES string of the molecule is C#Cc1c(F)ncc(N)c1-c1cc(Cl)c(C(=O)Nc2cnc(-n3nccn3)c(C(F)(F)F)c2)cc1F. The van der Waals surface area contributed by atoms with E-state index in [2.05, 4.69) is 25.5 Å². The van der Waals surface area contributed by atoms with Gasteiger partial charge in [0.15, 0.2) is 5.82 Å². The van der Waals surface area contributed by atoms with Crippen LogP contribution < -0.4 is 11.1 Å². The number of terminal acetylenes is 1. The third-order valence-corrected chi connectivity index (χ3v) is 5.13. The molecule has 0 aliphatic rings. The van der Waals surface area contributed by atoms with Gasteiger partial charge >= 0.3 is 6.18 Å². The van der Waals surface area contributed by atoms with Gasteiger partial charge in [0.1, 0.15) is 11.4 Å². The Bertz CT molecular complexity index is 1530. The average Bonchev–Trinajstić information content (AvgIpc) is 3.36. The van der Waals surface area contributed by atoms with Gasteiger partial charge in [0.25, 0.3) is 5.91 Å². The van der Waals surface area contributed by atoms with E-state index in [1.165, 1.54) is 0 Å². The first-order valence-electron chi connectivity index (χ1n) is 9.66. The van der Waals surface area contributed by atoms with Crippen LogP contribution in [0.25, 0.3) is 16.9 Å². The molecule has 36 heavy (non-hydrogen) atoms. The summed E-state index contributed by atoms with van der Waals surface area (Å²) in [7, 11) is 0. The molecule has 0 aliphatic carbocycles. The Labute approximate surface area is 203 Å². The van der Waals surface area contributed by atoms with Crippen molar-refractivity contribution in [3.8, 4) is 29.3 Å². The molecule has 3 N–H and O–H groups in total. The molecule has 1 aromatic carbocycles. The molecule has 0 unspecified atom stereocenters. The van der Waals surface area contributed by atoms with E-state index >= 15 is 0 Å². The number of nitrogens with one attached hydrogen (secondary N) is 1. The quantitative estimate of drug-likeness (QED) is 0.233. The predicted molar refractivity (Wildman–Crippen MR) is 119 cm³/mol.